The molecule has 0 fully saturated rings. The average Bonchev–Trinajstić information content (AvgIpc) is 2.45. The SMILES string of the molecule is CCCNCc1cc(C(C)C)nc(N(C)C(C)CC)c1. The molecule has 0 aliphatic heterocycles. The molecular formula is C17H31N3. The largest absolute Gasteiger partial charge is 0.357 e. The van der Waals surface area contributed by atoms with Crippen LogP contribution in [0.4, 0.5) is 5.82 Å². The van der Waals surface area contributed by atoms with Crippen LogP contribution in [0.25, 0.3) is 0 Å². The maximum atomic E-state index is 4.83. The predicted octanol–water partition coefficient (Wildman–Crippen LogP) is 3.94. The molecule has 114 valence electrons. The lowest BCUT2D eigenvalue weighted by Gasteiger charge is -2.26. The quantitative estimate of drug-likeness (QED) is 0.730. The van der Waals surface area contributed by atoms with E-state index in [1.807, 2.05) is 0 Å². The van der Waals surface area contributed by atoms with E-state index in [4.69, 9.17) is 4.98 Å². The minimum atomic E-state index is 0.463. The van der Waals surface area contributed by atoms with Gasteiger partial charge < -0.3 is 10.2 Å². The number of rotatable bonds is 8. The van der Waals surface area contributed by atoms with Gasteiger partial charge in [0.25, 0.3) is 0 Å². The highest BCUT2D eigenvalue weighted by molar-refractivity contribution is 5.43. The molecule has 0 aliphatic rings. The van der Waals surface area contributed by atoms with Gasteiger partial charge in [-0.2, -0.15) is 0 Å². The zero-order valence-corrected chi connectivity index (χ0v) is 14.0. The van der Waals surface area contributed by atoms with Crippen LogP contribution in [0.1, 0.15) is 64.6 Å². The van der Waals surface area contributed by atoms with Gasteiger partial charge in [-0.05, 0) is 49.9 Å². The molecule has 0 aromatic carbocycles. The van der Waals surface area contributed by atoms with Crippen molar-refractivity contribution in [2.24, 2.45) is 0 Å². The Kier molecular flexibility index (Phi) is 7.00. The van der Waals surface area contributed by atoms with Gasteiger partial charge in [0.15, 0.2) is 0 Å². The summed E-state index contributed by atoms with van der Waals surface area (Å²) >= 11 is 0. The van der Waals surface area contributed by atoms with E-state index >= 15 is 0 Å². The number of nitrogens with one attached hydrogen (secondary N) is 1. The molecule has 1 atom stereocenters. The third-order valence-corrected chi connectivity index (χ3v) is 3.85. The van der Waals surface area contributed by atoms with Gasteiger partial charge in [0.1, 0.15) is 5.82 Å². The molecule has 0 saturated heterocycles. The smallest absolute Gasteiger partial charge is 0.129 e. The van der Waals surface area contributed by atoms with Gasteiger partial charge >= 0.3 is 0 Å². The molecule has 1 N–H and O–H groups in total. The molecule has 0 spiro atoms. The molecule has 1 unspecified atom stereocenters. The summed E-state index contributed by atoms with van der Waals surface area (Å²) < 4.78 is 0. The molecular weight excluding hydrogens is 246 g/mol. The zero-order valence-electron chi connectivity index (χ0n) is 14.0. The topological polar surface area (TPSA) is 28.2 Å². The van der Waals surface area contributed by atoms with Crippen LogP contribution in [0.3, 0.4) is 0 Å². The Morgan fingerprint density at radius 2 is 1.90 bits per heavy atom. The van der Waals surface area contributed by atoms with E-state index in [2.05, 4.69) is 64.0 Å². The van der Waals surface area contributed by atoms with Crippen molar-refractivity contribution < 1.29 is 0 Å². The van der Waals surface area contributed by atoms with Crippen molar-refractivity contribution >= 4 is 5.82 Å². The zero-order chi connectivity index (χ0) is 15.1. The van der Waals surface area contributed by atoms with Gasteiger partial charge in [-0.25, -0.2) is 4.98 Å². The van der Waals surface area contributed by atoms with Gasteiger partial charge in [-0.1, -0.05) is 27.7 Å². The summed E-state index contributed by atoms with van der Waals surface area (Å²) in [6.45, 7) is 13.1. The third-order valence-electron chi connectivity index (χ3n) is 3.85. The number of nitrogens with zero attached hydrogens (tertiary/aromatic N) is 2. The van der Waals surface area contributed by atoms with Gasteiger partial charge in [-0.3, -0.25) is 0 Å². The van der Waals surface area contributed by atoms with Crippen LogP contribution < -0.4 is 10.2 Å². The summed E-state index contributed by atoms with van der Waals surface area (Å²) in [4.78, 5) is 7.12. The Morgan fingerprint density at radius 1 is 1.20 bits per heavy atom. The Balaban J connectivity index is 2.98. The monoisotopic (exact) mass is 277 g/mol. The molecule has 1 rings (SSSR count). The van der Waals surface area contributed by atoms with Crippen LogP contribution in [0.2, 0.25) is 0 Å². The third kappa shape index (κ3) is 4.78. The normalized spacial score (nSPS) is 12.8. The van der Waals surface area contributed by atoms with E-state index in [1.165, 1.54) is 17.7 Å². The first kappa shape index (κ1) is 17.0. The summed E-state index contributed by atoms with van der Waals surface area (Å²) in [5.41, 5.74) is 2.52. The minimum Gasteiger partial charge on any atom is -0.357 e. The summed E-state index contributed by atoms with van der Waals surface area (Å²) in [5, 5.41) is 3.48. The fourth-order valence-electron chi connectivity index (χ4n) is 2.08. The lowest BCUT2D eigenvalue weighted by molar-refractivity contribution is 0.648. The van der Waals surface area contributed by atoms with Crippen LogP contribution in [0.5, 0.6) is 0 Å². The Labute approximate surface area is 124 Å². The number of hydrogen-bond acceptors (Lipinski definition) is 3. The highest BCUT2D eigenvalue weighted by Gasteiger charge is 2.13. The van der Waals surface area contributed by atoms with Crippen LogP contribution in [-0.2, 0) is 6.54 Å². The second kappa shape index (κ2) is 8.25. The molecule has 1 aromatic rings. The van der Waals surface area contributed by atoms with Crippen molar-refractivity contribution in [3.8, 4) is 0 Å². The van der Waals surface area contributed by atoms with Crippen LogP contribution >= 0.6 is 0 Å². The first-order valence-electron chi connectivity index (χ1n) is 7.93. The summed E-state index contributed by atoms with van der Waals surface area (Å²) in [6, 6.07) is 4.98. The average molecular weight is 277 g/mol. The summed E-state index contributed by atoms with van der Waals surface area (Å²) in [7, 11) is 2.14. The second-order valence-corrected chi connectivity index (χ2v) is 5.96. The van der Waals surface area contributed by atoms with Crippen molar-refractivity contribution in [1.82, 2.24) is 10.3 Å². The number of anilines is 1. The summed E-state index contributed by atoms with van der Waals surface area (Å²) in [5.74, 6) is 1.56. The predicted molar refractivity (Wildman–Crippen MR) is 88.5 cm³/mol. The molecule has 3 heteroatoms. The Hall–Kier alpha value is -1.09. The van der Waals surface area contributed by atoms with E-state index < -0.39 is 0 Å². The standard InChI is InChI=1S/C17H31N3/c1-7-9-18-12-15-10-16(13(3)4)19-17(11-15)20(6)14(5)8-2/h10-11,13-14,18H,7-9,12H2,1-6H3. The molecule has 1 aromatic heterocycles. The van der Waals surface area contributed by atoms with Gasteiger partial charge in [-0.15, -0.1) is 0 Å². The molecule has 20 heavy (non-hydrogen) atoms. The number of hydrogen-bond donors (Lipinski definition) is 1. The van der Waals surface area contributed by atoms with E-state index in [0.717, 1.165) is 25.3 Å². The fourth-order valence-corrected chi connectivity index (χ4v) is 2.08. The van der Waals surface area contributed by atoms with Crippen molar-refractivity contribution in [2.75, 3.05) is 18.5 Å². The molecule has 3 nitrogen and oxygen atoms in total. The fraction of sp³-hybridized carbons (Fsp3) is 0.706. The Morgan fingerprint density at radius 3 is 2.45 bits per heavy atom. The molecule has 0 radical (unpaired) electrons. The minimum absolute atomic E-state index is 0.463. The van der Waals surface area contributed by atoms with E-state index in [1.54, 1.807) is 0 Å². The van der Waals surface area contributed by atoms with Crippen molar-refractivity contribution in [1.29, 1.82) is 0 Å². The van der Waals surface area contributed by atoms with Gasteiger partial charge in [0.05, 0.1) is 0 Å². The highest BCUT2D eigenvalue weighted by Crippen LogP contribution is 2.21. The second-order valence-electron chi connectivity index (χ2n) is 5.96. The Bertz CT molecular complexity index is 401. The first-order chi connectivity index (χ1) is 9.49. The first-order valence-corrected chi connectivity index (χ1v) is 7.93. The molecule has 1 heterocycles. The van der Waals surface area contributed by atoms with E-state index in [-0.39, 0.29) is 0 Å². The van der Waals surface area contributed by atoms with E-state index in [9.17, 15) is 0 Å². The van der Waals surface area contributed by atoms with Gasteiger partial charge in [0, 0.05) is 25.3 Å². The van der Waals surface area contributed by atoms with Crippen molar-refractivity contribution in [3.63, 3.8) is 0 Å². The van der Waals surface area contributed by atoms with Gasteiger partial charge in [0.2, 0.25) is 0 Å². The van der Waals surface area contributed by atoms with Crippen LogP contribution in [0, 0.1) is 0 Å². The molecule has 0 aliphatic carbocycles. The molecule has 0 saturated carbocycles. The lowest BCUT2D eigenvalue weighted by Crippen LogP contribution is -2.29. The molecule has 0 bridgehead atoms. The highest BCUT2D eigenvalue weighted by atomic mass is 15.2. The lowest BCUT2D eigenvalue weighted by atomic mass is 10.1. The van der Waals surface area contributed by atoms with Crippen molar-refractivity contribution in [3.05, 3.63) is 23.4 Å². The van der Waals surface area contributed by atoms with Crippen LogP contribution in [-0.4, -0.2) is 24.6 Å². The maximum Gasteiger partial charge on any atom is 0.129 e. The summed E-state index contributed by atoms with van der Waals surface area (Å²) in [6.07, 6.45) is 2.30. The van der Waals surface area contributed by atoms with Crippen LogP contribution in [0.15, 0.2) is 12.1 Å². The van der Waals surface area contributed by atoms with Crippen molar-refractivity contribution in [2.45, 2.75) is 66.0 Å². The number of aromatic nitrogens is 1. The van der Waals surface area contributed by atoms with E-state index in [0.29, 0.717) is 12.0 Å². The number of pyridine rings is 1. The maximum absolute atomic E-state index is 4.83. The molecule has 0 amide bonds.